The molecule has 1 aromatic heterocycles. The molecule has 4 aliphatic rings. The lowest BCUT2D eigenvalue weighted by Gasteiger charge is -2.43. The predicted molar refractivity (Wildman–Crippen MR) is 122 cm³/mol. The van der Waals surface area contributed by atoms with Crippen molar-refractivity contribution in [3.8, 4) is 11.5 Å². The highest BCUT2D eigenvalue weighted by atomic mass is 32.2. The number of phenolic OH excluding ortho intramolecular Hbond substituents is 1. The number of amides is 2. The van der Waals surface area contributed by atoms with E-state index < -0.39 is 29.8 Å². The van der Waals surface area contributed by atoms with Gasteiger partial charge in [-0.3, -0.25) is 19.3 Å². The number of rotatable bonds is 4. The van der Waals surface area contributed by atoms with E-state index in [0.717, 1.165) is 38.1 Å². The normalized spacial score (nSPS) is 34.1. The molecule has 178 valence electrons. The highest BCUT2D eigenvalue weighted by Crippen LogP contribution is 2.68. The number of likely N-dealkylation sites (tertiary alicyclic amines) is 1. The summed E-state index contributed by atoms with van der Waals surface area (Å²) in [5.74, 6) is -3.10. The van der Waals surface area contributed by atoms with Crippen molar-refractivity contribution in [1.29, 1.82) is 0 Å². The standard InChI is InChI=1S/C23H22N2O7S2/c1-7(22(29)30)25-20(27)15-9-6-10(16(15)21(25)28)17-14(9)13(18-19(33-17)24-23(31)34-18)8-3-4-11(26)12(5-8)32-2/h3-5,7,9-10,13-17,26H,6H2,1-2H3,(H,24,31)(H,29,30)/t7-,9-,10+,13+,14+,15-,16+,17-/m1/s1. The van der Waals surface area contributed by atoms with Crippen molar-refractivity contribution >= 4 is 40.9 Å². The lowest BCUT2D eigenvalue weighted by Crippen LogP contribution is -2.44. The first-order chi connectivity index (χ1) is 16.2. The zero-order valence-corrected chi connectivity index (χ0v) is 19.9. The number of aliphatic carboxylic acids is 1. The van der Waals surface area contributed by atoms with Crippen LogP contribution in [0.25, 0.3) is 0 Å². The minimum atomic E-state index is -1.20. The lowest BCUT2D eigenvalue weighted by atomic mass is 9.68. The van der Waals surface area contributed by atoms with E-state index in [0.29, 0.717) is 5.75 Å². The summed E-state index contributed by atoms with van der Waals surface area (Å²) >= 11 is 2.71. The molecule has 2 aliphatic heterocycles. The molecule has 2 aromatic rings. The van der Waals surface area contributed by atoms with Crippen LogP contribution in [0.3, 0.4) is 0 Å². The number of fused-ring (bicyclic) bond motifs is 9. The van der Waals surface area contributed by atoms with Crippen LogP contribution in [0.2, 0.25) is 0 Å². The van der Waals surface area contributed by atoms with Gasteiger partial charge in [0.25, 0.3) is 0 Å². The summed E-state index contributed by atoms with van der Waals surface area (Å²) in [6, 6.07) is 3.95. The molecule has 8 atom stereocenters. The summed E-state index contributed by atoms with van der Waals surface area (Å²) in [6.45, 7) is 1.37. The minimum absolute atomic E-state index is 0.00521. The zero-order chi connectivity index (χ0) is 24.0. The third-order valence-electron chi connectivity index (χ3n) is 8.07. The van der Waals surface area contributed by atoms with Crippen molar-refractivity contribution in [3.63, 3.8) is 0 Å². The number of methoxy groups -OCH3 is 1. The number of imide groups is 1. The van der Waals surface area contributed by atoms with Gasteiger partial charge in [0.2, 0.25) is 11.8 Å². The van der Waals surface area contributed by atoms with Gasteiger partial charge in [-0.05, 0) is 48.8 Å². The summed E-state index contributed by atoms with van der Waals surface area (Å²) in [7, 11) is 1.47. The number of ether oxygens (including phenoxy) is 1. The first kappa shape index (κ1) is 21.7. The molecule has 3 fully saturated rings. The second-order valence-corrected chi connectivity index (χ2v) is 11.7. The Hall–Kier alpha value is -2.79. The molecule has 11 heteroatoms. The van der Waals surface area contributed by atoms with E-state index >= 15 is 0 Å². The van der Waals surface area contributed by atoms with Crippen molar-refractivity contribution in [2.45, 2.75) is 35.6 Å². The van der Waals surface area contributed by atoms with Gasteiger partial charge in [0.05, 0.1) is 24.0 Å². The fourth-order valence-electron chi connectivity index (χ4n) is 6.79. The van der Waals surface area contributed by atoms with E-state index in [4.69, 9.17) is 4.74 Å². The van der Waals surface area contributed by atoms with Crippen molar-refractivity contribution < 1.29 is 29.3 Å². The van der Waals surface area contributed by atoms with Gasteiger partial charge in [-0.2, -0.15) is 0 Å². The largest absolute Gasteiger partial charge is 0.504 e. The third-order valence-corrected chi connectivity index (χ3v) is 10.7. The molecule has 0 radical (unpaired) electrons. The summed E-state index contributed by atoms with van der Waals surface area (Å²) in [6.07, 6.45) is 0.718. The number of aromatic hydroxyl groups is 1. The summed E-state index contributed by atoms with van der Waals surface area (Å²) < 4.78 is 5.32. The second-order valence-electron chi connectivity index (χ2n) is 9.45. The molecule has 2 saturated carbocycles. The van der Waals surface area contributed by atoms with Gasteiger partial charge < -0.3 is 19.9 Å². The zero-order valence-electron chi connectivity index (χ0n) is 18.3. The number of benzene rings is 1. The topological polar surface area (TPSA) is 137 Å². The molecule has 3 N–H and O–H groups in total. The van der Waals surface area contributed by atoms with E-state index in [-0.39, 0.29) is 45.5 Å². The molecule has 34 heavy (non-hydrogen) atoms. The third kappa shape index (κ3) is 2.73. The van der Waals surface area contributed by atoms with Gasteiger partial charge in [0, 0.05) is 16.0 Å². The first-order valence-electron chi connectivity index (χ1n) is 11.1. The average Bonchev–Trinajstić information content (AvgIpc) is 3.52. The fraction of sp³-hybridized carbons (Fsp3) is 0.478. The maximum atomic E-state index is 13.4. The molecule has 2 amide bonds. The molecule has 0 spiro atoms. The van der Waals surface area contributed by atoms with Crippen LogP contribution in [-0.2, 0) is 14.4 Å². The van der Waals surface area contributed by atoms with Crippen LogP contribution < -0.4 is 9.61 Å². The maximum Gasteiger partial charge on any atom is 0.326 e. The molecule has 0 unspecified atom stereocenters. The van der Waals surface area contributed by atoms with E-state index in [1.54, 1.807) is 23.9 Å². The second kappa shape index (κ2) is 7.35. The van der Waals surface area contributed by atoms with Crippen LogP contribution in [0.1, 0.15) is 29.7 Å². The number of carbonyl (C=O) groups excluding carboxylic acids is 2. The number of carboxylic acid groups (broad SMARTS) is 1. The lowest BCUT2D eigenvalue weighted by molar-refractivity contribution is -0.154. The number of hydrogen-bond acceptors (Lipinski definition) is 8. The highest BCUT2D eigenvalue weighted by Gasteiger charge is 2.70. The molecule has 6 rings (SSSR count). The molecule has 9 nitrogen and oxygen atoms in total. The van der Waals surface area contributed by atoms with Gasteiger partial charge in [0.1, 0.15) is 6.04 Å². The summed E-state index contributed by atoms with van der Waals surface area (Å²) in [5.41, 5.74) is 0.873. The van der Waals surface area contributed by atoms with E-state index in [2.05, 4.69) is 4.98 Å². The number of thiazole rings is 1. The number of carbonyl (C=O) groups is 3. The first-order valence-corrected chi connectivity index (χ1v) is 12.8. The number of aromatic amines is 1. The van der Waals surface area contributed by atoms with Crippen molar-refractivity contribution in [1.82, 2.24) is 9.88 Å². The van der Waals surface area contributed by atoms with Crippen molar-refractivity contribution in [2.75, 3.05) is 7.11 Å². The Morgan fingerprint density at radius 1 is 1.21 bits per heavy atom. The van der Waals surface area contributed by atoms with Gasteiger partial charge in [-0.1, -0.05) is 17.4 Å². The number of H-pyrrole nitrogens is 1. The maximum absolute atomic E-state index is 13.4. The highest BCUT2D eigenvalue weighted by molar-refractivity contribution is 8.00. The van der Waals surface area contributed by atoms with Gasteiger partial charge >= 0.3 is 10.8 Å². The van der Waals surface area contributed by atoms with Crippen LogP contribution in [0, 0.1) is 29.6 Å². The van der Waals surface area contributed by atoms with Crippen LogP contribution in [0.15, 0.2) is 28.0 Å². The van der Waals surface area contributed by atoms with Crippen LogP contribution in [-0.4, -0.2) is 56.3 Å². The molecule has 3 heterocycles. The number of nitrogens with one attached hydrogen (secondary N) is 1. The Bertz CT molecular complexity index is 1300. The molecule has 2 aliphatic carbocycles. The Kier molecular flexibility index (Phi) is 4.70. The molecular formula is C23H22N2O7S2. The monoisotopic (exact) mass is 502 g/mol. The van der Waals surface area contributed by atoms with Crippen molar-refractivity contribution in [3.05, 3.63) is 38.3 Å². The Morgan fingerprint density at radius 3 is 2.59 bits per heavy atom. The molecule has 2 bridgehead atoms. The average molecular weight is 503 g/mol. The number of carboxylic acids is 1. The number of aromatic nitrogens is 1. The van der Waals surface area contributed by atoms with E-state index in [9.17, 15) is 29.4 Å². The Morgan fingerprint density at radius 2 is 1.91 bits per heavy atom. The van der Waals surface area contributed by atoms with Crippen molar-refractivity contribution in [2.24, 2.45) is 29.6 Å². The SMILES string of the molecule is COc1cc([C@@H]2c3sc(=O)[nH]c3S[C@@H]3[C@H]4C[C@@H]([C@H]5C(=O)N([C@H](C)C(=O)O)C(=O)[C@@H]45)[C@@H]23)ccc1O. The van der Waals surface area contributed by atoms with E-state index in [1.807, 2.05) is 6.07 Å². The van der Waals surface area contributed by atoms with Crippen LogP contribution >= 0.6 is 23.1 Å². The Labute approximate surface area is 202 Å². The molecule has 1 aromatic carbocycles. The number of phenols is 1. The van der Waals surface area contributed by atoms with Crippen LogP contribution in [0.5, 0.6) is 11.5 Å². The van der Waals surface area contributed by atoms with E-state index in [1.165, 1.54) is 14.0 Å². The fourth-order valence-corrected chi connectivity index (χ4v) is 9.68. The number of thioether (sulfide) groups is 1. The predicted octanol–water partition coefficient (Wildman–Crippen LogP) is 2.10. The molecule has 1 saturated heterocycles. The van der Waals surface area contributed by atoms with Gasteiger partial charge in [-0.25, -0.2) is 4.79 Å². The van der Waals surface area contributed by atoms with Crippen LogP contribution in [0.4, 0.5) is 0 Å². The Balaban J connectivity index is 1.46. The smallest absolute Gasteiger partial charge is 0.326 e. The summed E-state index contributed by atoms with van der Waals surface area (Å²) in [5, 5.41) is 20.4. The summed E-state index contributed by atoms with van der Waals surface area (Å²) in [4.78, 5) is 55.1. The number of hydrogen-bond donors (Lipinski definition) is 3. The minimum Gasteiger partial charge on any atom is -0.504 e. The molecular weight excluding hydrogens is 480 g/mol. The van der Waals surface area contributed by atoms with Gasteiger partial charge in [0.15, 0.2) is 11.5 Å². The quantitative estimate of drug-likeness (QED) is 0.541. The van der Waals surface area contributed by atoms with Gasteiger partial charge in [-0.15, -0.1) is 11.8 Å². The number of nitrogens with zero attached hydrogens (tertiary/aromatic N) is 1.